The van der Waals surface area contributed by atoms with Crippen molar-refractivity contribution in [2.75, 3.05) is 6.54 Å². The van der Waals surface area contributed by atoms with E-state index in [2.05, 4.69) is 22.9 Å². The van der Waals surface area contributed by atoms with Gasteiger partial charge < -0.3 is 4.57 Å². The fraction of sp³-hybridized carbons (Fsp3) is 0.308. The van der Waals surface area contributed by atoms with Crippen LogP contribution < -0.4 is 5.32 Å². The average molecular weight is 251 g/mol. The zero-order chi connectivity index (χ0) is 11.2. The highest BCUT2D eigenvalue weighted by Crippen LogP contribution is 2.31. The molecule has 0 radical (unpaired) electrons. The van der Waals surface area contributed by atoms with Crippen molar-refractivity contribution in [2.24, 2.45) is 0 Å². The number of carbonyl (C=O) groups excluding carboxylic acids is 1. The van der Waals surface area contributed by atoms with Crippen LogP contribution in [-0.4, -0.2) is 17.4 Å². The molecule has 1 atom stereocenters. The molecule has 2 aromatic rings. The van der Waals surface area contributed by atoms with Gasteiger partial charge in [0.25, 0.3) is 0 Å². The first-order valence-electron chi connectivity index (χ1n) is 5.55. The number of aromatic nitrogens is 1. The summed E-state index contributed by atoms with van der Waals surface area (Å²) in [7, 11) is 0. The number of rotatable bonds is 2. The molecule has 0 bridgehead atoms. The lowest BCUT2D eigenvalue weighted by Gasteiger charge is -2.42. The zero-order valence-electron chi connectivity index (χ0n) is 9.64. The van der Waals surface area contributed by atoms with E-state index in [0.717, 1.165) is 35.7 Å². The normalized spacial score (nSPS) is 22.9. The highest BCUT2D eigenvalue weighted by atomic mass is 35.5. The molecule has 17 heavy (non-hydrogen) atoms. The van der Waals surface area contributed by atoms with Crippen molar-refractivity contribution in [2.45, 2.75) is 19.0 Å². The van der Waals surface area contributed by atoms with Crippen molar-refractivity contribution in [3.8, 4) is 0 Å². The Labute approximate surface area is 106 Å². The van der Waals surface area contributed by atoms with E-state index < -0.39 is 0 Å². The molecule has 1 aromatic carbocycles. The third-order valence-electron chi connectivity index (χ3n) is 3.52. The van der Waals surface area contributed by atoms with Crippen LogP contribution in [-0.2, 0) is 5.66 Å². The number of nitrogens with zero attached hydrogens (tertiary/aromatic N) is 1. The molecule has 3 nitrogen and oxygen atoms in total. The Bertz CT molecular complexity index is 558. The SMILES string of the molecule is C[C@]1(n2cc(C=O)c3ccccc32)CCN1.Cl. The van der Waals surface area contributed by atoms with Gasteiger partial charge in [0.05, 0.1) is 11.2 Å². The van der Waals surface area contributed by atoms with E-state index in [9.17, 15) is 4.79 Å². The van der Waals surface area contributed by atoms with Gasteiger partial charge in [-0.25, -0.2) is 0 Å². The monoisotopic (exact) mass is 250 g/mol. The summed E-state index contributed by atoms with van der Waals surface area (Å²) in [5.41, 5.74) is 1.87. The van der Waals surface area contributed by atoms with Gasteiger partial charge in [-0.05, 0) is 19.4 Å². The van der Waals surface area contributed by atoms with E-state index in [0.29, 0.717) is 0 Å². The van der Waals surface area contributed by atoms with Crippen LogP contribution in [0.15, 0.2) is 30.5 Å². The van der Waals surface area contributed by atoms with E-state index in [1.165, 1.54) is 0 Å². The summed E-state index contributed by atoms with van der Waals surface area (Å²) < 4.78 is 2.18. The first-order valence-corrected chi connectivity index (χ1v) is 5.55. The molecule has 4 heteroatoms. The van der Waals surface area contributed by atoms with Gasteiger partial charge >= 0.3 is 0 Å². The van der Waals surface area contributed by atoms with E-state index in [1.807, 2.05) is 24.4 Å². The van der Waals surface area contributed by atoms with Crippen molar-refractivity contribution in [1.82, 2.24) is 9.88 Å². The molecule has 0 unspecified atom stereocenters. The maximum Gasteiger partial charge on any atom is 0.152 e. The molecule has 1 aromatic heterocycles. The fourth-order valence-corrected chi connectivity index (χ4v) is 2.40. The van der Waals surface area contributed by atoms with Crippen LogP contribution in [0.3, 0.4) is 0 Å². The van der Waals surface area contributed by atoms with E-state index in [1.54, 1.807) is 0 Å². The number of halogens is 1. The summed E-state index contributed by atoms with van der Waals surface area (Å²) in [6, 6.07) is 8.04. The van der Waals surface area contributed by atoms with E-state index >= 15 is 0 Å². The molecule has 1 fully saturated rings. The van der Waals surface area contributed by atoms with Crippen LogP contribution in [0.4, 0.5) is 0 Å². The van der Waals surface area contributed by atoms with Crippen LogP contribution >= 0.6 is 12.4 Å². The quantitative estimate of drug-likeness (QED) is 0.832. The summed E-state index contributed by atoms with van der Waals surface area (Å²) in [4.78, 5) is 11.0. The van der Waals surface area contributed by atoms with Crippen LogP contribution in [0.2, 0.25) is 0 Å². The van der Waals surface area contributed by atoms with E-state index in [4.69, 9.17) is 0 Å². The molecule has 0 amide bonds. The van der Waals surface area contributed by atoms with Crippen molar-refractivity contribution < 1.29 is 4.79 Å². The molecule has 0 saturated carbocycles. The number of fused-ring (bicyclic) bond motifs is 1. The minimum absolute atomic E-state index is 0. The lowest BCUT2D eigenvalue weighted by atomic mass is 10.0. The smallest absolute Gasteiger partial charge is 0.152 e. The third-order valence-corrected chi connectivity index (χ3v) is 3.52. The fourth-order valence-electron chi connectivity index (χ4n) is 2.40. The molecular formula is C13H15ClN2O. The number of benzene rings is 1. The molecule has 1 aliphatic heterocycles. The molecule has 0 aliphatic carbocycles. The minimum Gasteiger partial charge on any atom is -0.328 e. The van der Waals surface area contributed by atoms with Gasteiger partial charge in [-0.2, -0.15) is 0 Å². The number of aldehydes is 1. The molecule has 1 N–H and O–H groups in total. The van der Waals surface area contributed by atoms with Crippen LogP contribution in [0.5, 0.6) is 0 Å². The van der Waals surface area contributed by atoms with Gasteiger partial charge in [0.15, 0.2) is 6.29 Å². The topological polar surface area (TPSA) is 34.0 Å². The number of hydrogen-bond acceptors (Lipinski definition) is 2. The summed E-state index contributed by atoms with van der Waals surface area (Å²) in [6.07, 6.45) is 3.98. The van der Waals surface area contributed by atoms with E-state index in [-0.39, 0.29) is 18.1 Å². The Balaban J connectivity index is 0.00000108. The van der Waals surface area contributed by atoms with Crippen molar-refractivity contribution in [1.29, 1.82) is 0 Å². The molecule has 1 aliphatic rings. The number of carbonyl (C=O) groups is 1. The molecule has 1 saturated heterocycles. The molecule has 90 valence electrons. The van der Waals surface area contributed by atoms with Crippen LogP contribution in [0, 0.1) is 0 Å². The Hall–Kier alpha value is -1.32. The lowest BCUT2D eigenvalue weighted by Crippen LogP contribution is -2.55. The first kappa shape index (κ1) is 12.1. The van der Waals surface area contributed by atoms with Crippen molar-refractivity contribution in [3.63, 3.8) is 0 Å². The highest BCUT2D eigenvalue weighted by Gasteiger charge is 2.34. The second-order valence-corrected chi connectivity index (χ2v) is 4.54. The second-order valence-electron chi connectivity index (χ2n) is 4.54. The Kier molecular flexibility index (Phi) is 2.98. The van der Waals surface area contributed by atoms with Gasteiger partial charge in [0, 0.05) is 23.7 Å². The number of para-hydroxylation sites is 1. The van der Waals surface area contributed by atoms with Gasteiger partial charge in [0.2, 0.25) is 0 Å². The molecule has 2 heterocycles. The maximum absolute atomic E-state index is 11.0. The zero-order valence-corrected chi connectivity index (χ0v) is 10.5. The standard InChI is InChI=1S/C13H14N2O.ClH/c1-13(6-7-14-13)15-8-10(9-16)11-4-2-3-5-12(11)15;/h2-5,8-9,14H,6-7H2,1H3;1H/t13-;/m0./s1. The molecule has 0 spiro atoms. The summed E-state index contributed by atoms with van der Waals surface area (Å²) in [6.45, 7) is 3.21. The van der Waals surface area contributed by atoms with Gasteiger partial charge in [-0.15, -0.1) is 12.4 Å². The van der Waals surface area contributed by atoms with Crippen LogP contribution in [0.25, 0.3) is 10.9 Å². The predicted octanol–water partition coefficient (Wildman–Crippen LogP) is 2.54. The third kappa shape index (κ3) is 1.66. The second kappa shape index (κ2) is 4.17. The molecular weight excluding hydrogens is 236 g/mol. The number of hydrogen-bond donors (Lipinski definition) is 1. The Morgan fingerprint density at radius 2 is 2.12 bits per heavy atom. The number of nitrogens with one attached hydrogen (secondary N) is 1. The lowest BCUT2D eigenvalue weighted by molar-refractivity contribution is 0.112. The van der Waals surface area contributed by atoms with Crippen LogP contribution in [0.1, 0.15) is 23.7 Å². The van der Waals surface area contributed by atoms with Crippen molar-refractivity contribution in [3.05, 3.63) is 36.0 Å². The van der Waals surface area contributed by atoms with Gasteiger partial charge in [0.1, 0.15) is 0 Å². The van der Waals surface area contributed by atoms with Gasteiger partial charge in [-0.3, -0.25) is 10.1 Å². The van der Waals surface area contributed by atoms with Crippen molar-refractivity contribution >= 4 is 29.6 Å². The average Bonchev–Trinajstić information content (AvgIpc) is 2.65. The first-order chi connectivity index (χ1) is 7.74. The summed E-state index contributed by atoms with van der Waals surface area (Å²) in [5, 5.41) is 4.45. The Morgan fingerprint density at radius 3 is 2.71 bits per heavy atom. The predicted molar refractivity (Wildman–Crippen MR) is 70.8 cm³/mol. The summed E-state index contributed by atoms with van der Waals surface area (Å²) >= 11 is 0. The Morgan fingerprint density at radius 1 is 1.41 bits per heavy atom. The highest BCUT2D eigenvalue weighted by molar-refractivity contribution is 5.97. The maximum atomic E-state index is 11.0. The molecule has 3 rings (SSSR count). The largest absolute Gasteiger partial charge is 0.328 e. The van der Waals surface area contributed by atoms with Gasteiger partial charge in [-0.1, -0.05) is 18.2 Å². The summed E-state index contributed by atoms with van der Waals surface area (Å²) in [5.74, 6) is 0. The minimum atomic E-state index is -0.0269.